The lowest BCUT2D eigenvalue weighted by molar-refractivity contribution is -0.0429. The first kappa shape index (κ1) is 25.7. The van der Waals surface area contributed by atoms with Gasteiger partial charge in [0.25, 0.3) is 0 Å². The summed E-state index contributed by atoms with van der Waals surface area (Å²) in [6, 6.07) is 14.6. The van der Waals surface area contributed by atoms with E-state index in [0.717, 1.165) is 35.4 Å². The molecule has 1 N–H and O–H groups in total. The minimum atomic E-state index is -5.57. The van der Waals surface area contributed by atoms with Crippen molar-refractivity contribution in [1.29, 1.82) is 0 Å². The number of ether oxygens (including phenoxy) is 1. The average molecular weight is 545 g/mol. The van der Waals surface area contributed by atoms with Crippen LogP contribution in [0.4, 0.5) is 18.9 Å². The van der Waals surface area contributed by atoms with Gasteiger partial charge in [0, 0.05) is 29.2 Å². The monoisotopic (exact) mass is 544 g/mol. The van der Waals surface area contributed by atoms with Crippen molar-refractivity contribution >= 4 is 27.3 Å². The minimum Gasteiger partial charge on any atom is -0.464 e. The van der Waals surface area contributed by atoms with Gasteiger partial charge in [-0.1, -0.05) is 42.5 Å². The Bertz CT molecular complexity index is 1640. The lowest BCUT2D eigenvalue weighted by atomic mass is 9.98. The maximum atomic E-state index is 12.9. The van der Waals surface area contributed by atoms with Gasteiger partial charge in [-0.2, -0.15) is 26.7 Å². The van der Waals surface area contributed by atoms with Crippen molar-refractivity contribution in [2.45, 2.75) is 37.6 Å². The number of carbonyl (C=O) groups excluding carboxylic acids is 1. The van der Waals surface area contributed by atoms with Gasteiger partial charge in [-0.3, -0.25) is 4.72 Å². The highest BCUT2D eigenvalue weighted by Crippen LogP contribution is 2.42. The van der Waals surface area contributed by atoms with Gasteiger partial charge in [0.1, 0.15) is 0 Å². The van der Waals surface area contributed by atoms with E-state index in [1.165, 1.54) is 19.2 Å². The molecule has 0 saturated heterocycles. The number of rotatable bonds is 7. The van der Waals surface area contributed by atoms with Crippen molar-refractivity contribution in [1.82, 2.24) is 14.6 Å². The van der Waals surface area contributed by atoms with E-state index in [1.54, 1.807) is 39.6 Å². The Morgan fingerprint density at radius 3 is 2.45 bits per heavy atom. The molecule has 0 amide bonds. The second kappa shape index (κ2) is 9.43. The summed E-state index contributed by atoms with van der Waals surface area (Å²) in [6.45, 7) is 1.84. The molecule has 1 fully saturated rings. The molecule has 1 aliphatic carbocycles. The van der Waals surface area contributed by atoms with Crippen LogP contribution in [0.2, 0.25) is 0 Å². The van der Waals surface area contributed by atoms with Gasteiger partial charge >= 0.3 is 21.5 Å². The van der Waals surface area contributed by atoms with Crippen molar-refractivity contribution in [2.24, 2.45) is 0 Å². The third-order valence-electron chi connectivity index (χ3n) is 6.37. The summed E-state index contributed by atoms with van der Waals surface area (Å²) in [6.07, 6.45) is 2.50. The Morgan fingerprint density at radius 2 is 1.82 bits per heavy atom. The van der Waals surface area contributed by atoms with Gasteiger partial charge in [0.15, 0.2) is 11.3 Å². The first-order chi connectivity index (χ1) is 18.0. The number of aromatic nitrogens is 3. The van der Waals surface area contributed by atoms with Gasteiger partial charge in [0.05, 0.1) is 18.5 Å². The number of hydrogen-bond acceptors (Lipinski definition) is 6. The predicted molar refractivity (Wildman–Crippen MR) is 134 cm³/mol. The quantitative estimate of drug-likeness (QED) is 0.320. The zero-order valence-electron chi connectivity index (χ0n) is 20.4. The minimum absolute atomic E-state index is 0.175. The van der Waals surface area contributed by atoms with Gasteiger partial charge < -0.3 is 4.74 Å². The van der Waals surface area contributed by atoms with Gasteiger partial charge in [0.2, 0.25) is 0 Å². The van der Waals surface area contributed by atoms with Crippen molar-refractivity contribution in [3.05, 3.63) is 82.8 Å². The van der Waals surface area contributed by atoms with Crippen LogP contribution in [0.3, 0.4) is 0 Å². The smallest absolute Gasteiger partial charge is 0.464 e. The SMILES string of the molecule is COC(=O)c1cc(C)n2nc(C3CC3)c(Cc3ccc(-c4ccccc4NS(=O)(=O)C(F)(F)F)cc3)c2n1. The predicted octanol–water partition coefficient (Wildman–Crippen LogP) is 5.22. The number of nitrogens with one attached hydrogen (secondary N) is 1. The second-order valence-corrected chi connectivity index (χ2v) is 10.8. The average Bonchev–Trinajstić information content (AvgIpc) is 3.65. The number of fused-ring (bicyclic) bond motifs is 1. The molecule has 0 aliphatic heterocycles. The van der Waals surface area contributed by atoms with Crippen LogP contribution in [0, 0.1) is 6.92 Å². The molecule has 0 bridgehead atoms. The highest BCUT2D eigenvalue weighted by molar-refractivity contribution is 7.93. The highest BCUT2D eigenvalue weighted by Gasteiger charge is 2.46. The summed E-state index contributed by atoms with van der Waals surface area (Å²) < 4.78 is 70.3. The summed E-state index contributed by atoms with van der Waals surface area (Å²) in [5.74, 6) is -0.222. The molecular weight excluding hydrogens is 521 g/mol. The lowest BCUT2D eigenvalue weighted by Gasteiger charge is -2.14. The maximum absolute atomic E-state index is 12.9. The molecule has 5 rings (SSSR count). The summed E-state index contributed by atoms with van der Waals surface area (Å²) in [5.41, 5.74) is -0.536. The van der Waals surface area contributed by atoms with Gasteiger partial charge in [-0.05, 0) is 43.0 Å². The number of aryl methyl sites for hydroxylation is 1. The van der Waals surface area contributed by atoms with E-state index in [4.69, 9.17) is 9.84 Å². The fraction of sp³-hybridized carbons (Fsp3) is 0.269. The normalized spacial score (nSPS) is 14.0. The molecule has 0 unspecified atom stereocenters. The molecule has 2 aromatic carbocycles. The molecule has 0 atom stereocenters. The number of nitrogens with zero attached hydrogens (tertiary/aromatic N) is 3. The van der Waals surface area contributed by atoms with E-state index < -0.39 is 21.5 Å². The van der Waals surface area contributed by atoms with Crippen LogP contribution in [-0.4, -0.2) is 41.6 Å². The number of hydrogen-bond donors (Lipinski definition) is 1. The van der Waals surface area contributed by atoms with E-state index in [-0.39, 0.29) is 11.4 Å². The van der Waals surface area contributed by atoms with E-state index in [2.05, 4.69) is 4.98 Å². The molecule has 12 heteroatoms. The molecule has 8 nitrogen and oxygen atoms in total. The van der Waals surface area contributed by atoms with E-state index in [0.29, 0.717) is 29.1 Å². The number of methoxy groups -OCH3 is 1. The third-order valence-corrected chi connectivity index (χ3v) is 7.47. The van der Waals surface area contributed by atoms with E-state index in [1.807, 2.05) is 19.1 Å². The molecule has 2 aromatic heterocycles. The molecule has 2 heterocycles. The van der Waals surface area contributed by atoms with Crippen LogP contribution in [0.1, 0.15) is 51.8 Å². The van der Waals surface area contributed by atoms with Crippen LogP contribution in [0.25, 0.3) is 16.8 Å². The fourth-order valence-corrected chi connectivity index (χ4v) is 4.90. The molecular formula is C26H23F3N4O4S. The van der Waals surface area contributed by atoms with Crippen molar-refractivity contribution in [3.8, 4) is 11.1 Å². The maximum Gasteiger partial charge on any atom is 0.516 e. The standard InChI is InChI=1S/C26H23F3N4O4S/c1-15-13-22(25(34)37-2)30-24-20(23(18-11-12-18)31-33(15)24)14-16-7-9-17(10-8-16)19-5-3-4-6-21(19)32-38(35,36)26(27,28)29/h3-10,13,18,32H,11-12,14H2,1-2H3. The number of esters is 1. The van der Waals surface area contributed by atoms with E-state index in [9.17, 15) is 26.4 Å². The molecule has 4 aromatic rings. The largest absolute Gasteiger partial charge is 0.516 e. The van der Waals surface area contributed by atoms with Crippen LogP contribution < -0.4 is 4.72 Å². The lowest BCUT2D eigenvalue weighted by Crippen LogP contribution is -2.30. The van der Waals surface area contributed by atoms with Gasteiger partial charge in [-0.15, -0.1) is 0 Å². The van der Waals surface area contributed by atoms with Crippen LogP contribution in [0.15, 0.2) is 54.6 Å². The van der Waals surface area contributed by atoms with Crippen LogP contribution in [-0.2, 0) is 21.2 Å². The number of anilines is 1. The summed E-state index contributed by atoms with van der Waals surface area (Å²) in [5, 5.41) is 4.77. The second-order valence-electron chi connectivity index (χ2n) is 9.12. The van der Waals surface area contributed by atoms with Crippen molar-refractivity contribution in [2.75, 3.05) is 11.8 Å². The van der Waals surface area contributed by atoms with Crippen LogP contribution >= 0.6 is 0 Å². The Labute approximate surface area is 216 Å². The topological polar surface area (TPSA) is 103 Å². The number of benzene rings is 2. The Kier molecular flexibility index (Phi) is 6.38. The fourth-order valence-electron chi connectivity index (χ4n) is 4.32. The van der Waals surface area contributed by atoms with Crippen LogP contribution in [0.5, 0.6) is 0 Å². The van der Waals surface area contributed by atoms with Crippen molar-refractivity contribution in [3.63, 3.8) is 0 Å². The molecule has 0 spiro atoms. The zero-order chi connectivity index (χ0) is 27.2. The summed E-state index contributed by atoms with van der Waals surface area (Å²) in [4.78, 5) is 16.7. The summed E-state index contributed by atoms with van der Waals surface area (Å²) in [7, 11) is -4.27. The highest BCUT2D eigenvalue weighted by atomic mass is 32.2. The molecule has 0 radical (unpaired) electrons. The first-order valence-electron chi connectivity index (χ1n) is 11.7. The third kappa shape index (κ3) is 4.83. The number of carbonyl (C=O) groups is 1. The first-order valence-corrected chi connectivity index (χ1v) is 13.2. The number of sulfonamides is 1. The zero-order valence-corrected chi connectivity index (χ0v) is 21.2. The summed E-state index contributed by atoms with van der Waals surface area (Å²) >= 11 is 0. The molecule has 198 valence electrons. The Balaban J connectivity index is 1.49. The van der Waals surface area contributed by atoms with Gasteiger partial charge in [-0.25, -0.2) is 14.3 Å². The molecule has 1 saturated carbocycles. The molecule has 38 heavy (non-hydrogen) atoms. The number of halogens is 3. The van der Waals surface area contributed by atoms with E-state index >= 15 is 0 Å². The van der Waals surface area contributed by atoms with Crippen molar-refractivity contribution < 1.29 is 31.1 Å². The Hall–Kier alpha value is -3.93. The number of para-hydroxylation sites is 1. The number of alkyl halides is 3. The molecule has 1 aliphatic rings. The Morgan fingerprint density at radius 1 is 1.13 bits per heavy atom.